The second-order valence-electron chi connectivity index (χ2n) is 3.54. The molecule has 0 unspecified atom stereocenters. The number of urea groups is 1. The van der Waals surface area contributed by atoms with Crippen LogP contribution in [0.5, 0.6) is 0 Å². The summed E-state index contributed by atoms with van der Waals surface area (Å²) in [5, 5.41) is 13.0. The van der Waals surface area contributed by atoms with Gasteiger partial charge in [-0.05, 0) is 0 Å². The minimum Gasteiger partial charge on any atom is -0.480 e. The number of aliphatic carboxylic acids is 1. The van der Waals surface area contributed by atoms with Crippen LogP contribution in [-0.4, -0.2) is 62.4 Å². The van der Waals surface area contributed by atoms with E-state index in [1.807, 2.05) is 5.32 Å². The van der Waals surface area contributed by atoms with E-state index in [1.54, 1.807) is 0 Å². The number of nitrogens with one attached hydrogen (secondary N) is 2. The van der Waals surface area contributed by atoms with E-state index < -0.39 is 43.5 Å². The first-order valence-corrected chi connectivity index (χ1v) is 5.56. The molecule has 10 heteroatoms. The molecule has 0 aliphatic carbocycles. The molecule has 0 aromatic heterocycles. The van der Waals surface area contributed by atoms with E-state index in [-0.39, 0.29) is 13.2 Å². The molecule has 0 aliphatic heterocycles. The van der Waals surface area contributed by atoms with Crippen LogP contribution in [0.1, 0.15) is 6.42 Å². The highest BCUT2D eigenvalue weighted by Crippen LogP contribution is 1.95. The summed E-state index contributed by atoms with van der Waals surface area (Å²) in [5.74, 6) is -2.20. The molecule has 3 N–H and O–H groups in total. The SMILES string of the molecule is COC(=O)C[C@H](NC(=O)NCCOCC(F)F)C(=O)O. The van der Waals surface area contributed by atoms with Crippen LogP contribution in [0.15, 0.2) is 0 Å². The van der Waals surface area contributed by atoms with Crippen LogP contribution in [0.4, 0.5) is 13.6 Å². The zero-order valence-electron chi connectivity index (χ0n) is 10.7. The van der Waals surface area contributed by atoms with Crippen molar-refractivity contribution in [3.05, 3.63) is 0 Å². The van der Waals surface area contributed by atoms with Crippen molar-refractivity contribution in [2.24, 2.45) is 0 Å². The largest absolute Gasteiger partial charge is 0.480 e. The molecule has 0 aliphatic rings. The number of methoxy groups -OCH3 is 1. The molecule has 0 radical (unpaired) electrons. The van der Waals surface area contributed by atoms with Crippen LogP contribution in [0.3, 0.4) is 0 Å². The molecular weight excluding hydrogens is 282 g/mol. The molecule has 0 saturated heterocycles. The number of carboxylic acid groups (broad SMARTS) is 1. The highest BCUT2D eigenvalue weighted by atomic mass is 19.3. The zero-order chi connectivity index (χ0) is 15.5. The van der Waals surface area contributed by atoms with Gasteiger partial charge >= 0.3 is 18.0 Å². The lowest BCUT2D eigenvalue weighted by atomic mass is 10.2. The molecule has 0 bridgehead atoms. The maximum absolute atomic E-state index is 11.7. The maximum atomic E-state index is 11.7. The highest BCUT2D eigenvalue weighted by Gasteiger charge is 2.23. The third-order valence-corrected chi connectivity index (χ3v) is 1.98. The van der Waals surface area contributed by atoms with Crippen LogP contribution in [0, 0.1) is 0 Å². The lowest BCUT2D eigenvalue weighted by Gasteiger charge is -2.14. The predicted molar refractivity (Wildman–Crippen MR) is 61.4 cm³/mol. The summed E-state index contributed by atoms with van der Waals surface area (Å²) in [5.41, 5.74) is 0. The quantitative estimate of drug-likeness (QED) is 0.393. The highest BCUT2D eigenvalue weighted by molar-refractivity contribution is 5.86. The summed E-state index contributed by atoms with van der Waals surface area (Å²) >= 11 is 0. The lowest BCUT2D eigenvalue weighted by Crippen LogP contribution is -2.47. The molecular formula is C10H16F2N2O6. The van der Waals surface area contributed by atoms with E-state index in [4.69, 9.17) is 5.11 Å². The summed E-state index contributed by atoms with van der Waals surface area (Å²) in [7, 11) is 1.08. The molecule has 8 nitrogen and oxygen atoms in total. The Morgan fingerprint density at radius 3 is 2.45 bits per heavy atom. The first-order chi connectivity index (χ1) is 9.36. The summed E-state index contributed by atoms with van der Waals surface area (Å²) in [6.45, 7) is -0.973. The molecule has 20 heavy (non-hydrogen) atoms. The van der Waals surface area contributed by atoms with Crippen LogP contribution >= 0.6 is 0 Å². The number of halogens is 2. The van der Waals surface area contributed by atoms with Gasteiger partial charge in [-0.3, -0.25) is 4.79 Å². The number of rotatable bonds is 9. The van der Waals surface area contributed by atoms with Gasteiger partial charge in [0.25, 0.3) is 6.43 Å². The van der Waals surface area contributed by atoms with Crippen LogP contribution < -0.4 is 10.6 Å². The summed E-state index contributed by atoms with van der Waals surface area (Å²) in [4.78, 5) is 33.0. The van der Waals surface area contributed by atoms with Crippen molar-refractivity contribution < 1.29 is 37.7 Å². The van der Waals surface area contributed by atoms with E-state index in [2.05, 4.69) is 14.8 Å². The van der Waals surface area contributed by atoms with Crippen molar-refractivity contribution in [2.75, 3.05) is 26.9 Å². The normalized spacial score (nSPS) is 11.8. The van der Waals surface area contributed by atoms with Crippen molar-refractivity contribution in [2.45, 2.75) is 18.9 Å². The van der Waals surface area contributed by atoms with Crippen molar-refractivity contribution in [3.63, 3.8) is 0 Å². The Balaban J connectivity index is 3.96. The third-order valence-electron chi connectivity index (χ3n) is 1.98. The van der Waals surface area contributed by atoms with E-state index in [0.29, 0.717) is 0 Å². The van der Waals surface area contributed by atoms with E-state index >= 15 is 0 Å². The van der Waals surface area contributed by atoms with Gasteiger partial charge in [0.15, 0.2) is 0 Å². The summed E-state index contributed by atoms with van der Waals surface area (Å²) < 4.78 is 32.2. The number of carbonyl (C=O) groups is 3. The molecule has 0 saturated carbocycles. The predicted octanol–water partition coefficient (Wildman–Crippen LogP) is -0.416. The van der Waals surface area contributed by atoms with Gasteiger partial charge in [0, 0.05) is 6.54 Å². The summed E-state index contributed by atoms with van der Waals surface area (Å²) in [6.07, 6.45) is -3.12. The van der Waals surface area contributed by atoms with Crippen molar-refractivity contribution >= 4 is 18.0 Å². The van der Waals surface area contributed by atoms with Gasteiger partial charge in [-0.25, -0.2) is 18.4 Å². The number of amides is 2. The van der Waals surface area contributed by atoms with E-state index in [9.17, 15) is 23.2 Å². The summed E-state index contributed by atoms with van der Waals surface area (Å²) in [6, 6.07) is -2.30. The fourth-order valence-corrected chi connectivity index (χ4v) is 1.07. The fraction of sp³-hybridized carbons (Fsp3) is 0.700. The Morgan fingerprint density at radius 2 is 1.95 bits per heavy atom. The molecule has 2 amide bonds. The number of hydrogen-bond acceptors (Lipinski definition) is 5. The lowest BCUT2D eigenvalue weighted by molar-refractivity contribution is -0.147. The number of carbonyl (C=O) groups excluding carboxylic acids is 2. The molecule has 0 rings (SSSR count). The number of hydrogen-bond donors (Lipinski definition) is 3. The van der Waals surface area contributed by atoms with Gasteiger partial charge < -0.3 is 25.2 Å². The van der Waals surface area contributed by atoms with Crippen molar-refractivity contribution in [3.8, 4) is 0 Å². The van der Waals surface area contributed by atoms with Gasteiger partial charge in [0.2, 0.25) is 0 Å². The first-order valence-electron chi connectivity index (χ1n) is 5.56. The standard InChI is InChI=1S/C10H16F2N2O6/c1-19-8(15)4-6(9(16)17)14-10(18)13-2-3-20-5-7(11)12/h6-7H,2-5H2,1H3,(H,16,17)(H2,13,14,18)/t6-/m0/s1. The van der Waals surface area contributed by atoms with E-state index in [0.717, 1.165) is 7.11 Å². The number of alkyl halides is 2. The second-order valence-corrected chi connectivity index (χ2v) is 3.54. The monoisotopic (exact) mass is 298 g/mol. The van der Waals surface area contributed by atoms with Gasteiger partial charge in [0.05, 0.1) is 20.1 Å². The Labute approximate surface area is 113 Å². The van der Waals surface area contributed by atoms with Crippen molar-refractivity contribution in [1.82, 2.24) is 10.6 Å². The molecule has 0 aromatic rings. The van der Waals surface area contributed by atoms with Gasteiger partial charge in [-0.15, -0.1) is 0 Å². The fourth-order valence-electron chi connectivity index (χ4n) is 1.07. The molecule has 0 heterocycles. The van der Waals surface area contributed by atoms with E-state index in [1.165, 1.54) is 0 Å². The average Bonchev–Trinajstić information content (AvgIpc) is 2.36. The molecule has 0 aromatic carbocycles. The molecule has 0 spiro atoms. The number of carboxylic acids is 1. The van der Waals surface area contributed by atoms with Gasteiger partial charge in [-0.2, -0.15) is 0 Å². The van der Waals surface area contributed by atoms with Crippen LogP contribution in [-0.2, 0) is 19.1 Å². The molecule has 0 fully saturated rings. The first kappa shape index (κ1) is 18.0. The van der Waals surface area contributed by atoms with Gasteiger partial charge in [0.1, 0.15) is 12.6 Å². The van der Waals surface area contributed by atoms with Crippen LogP contribution in [0.2, 0.25) is 0 Å². The second kappa shape index (κ2) is 9.89. The molecule has 1 atom stereocenters. The minimum atomic E-state index is -2.60. The Hall–Kier alpha value is -1.97. The number of esters is 1. The molecule has 116 valence electrons. The minimum absolute atomic E-state index is 0.0802. The zero-order valence-corrected chi connectivity index (χ0v) is 10.7. The Bertz CT molecular complexity index is 340. The average molecular weight is 298 g/mol. The third kappa shape index (κ3) is 9.03. The Morgan fingerprint density at radius 1 is 1.30 bits per heavy atom. The maximum Gasteiger partial charge on any atom is 0.326 e. The van der Waals surface area contributed by atoms with Gasteiger partial charge in [-0.1, -0.05) is 0 Å². The van der Waals surface area contributed by atoms with Crippen LogP contribution in [0.25, 0.3) is 0 Å². The smallest absolute Gasteiger partial charge is 0.326 e. The van der Waals surface area contributed by atoms with Crippen molar-refractivity contribution in [1.29, 1.82) is 0 Å². The Kier molecular flexibility index (Phi) is 8.92. The topological polar surface area (TPSA) is 114 Å². The number of ether oxygens (including phenoxy) is 2.